The van der Waals surface area contributed by atoms with Crippen LogP contribution in [0.5, 0.6) is 0 Å². The van der Waals surface area contributed by atoms with Crippen LogP contribution in [-0.2, 0) is 4.79 Å². The molecule has 0 atom stereocenters. The number of carbonyl (C=O) groups is 2. The molecular weight excluding hydrogens is 310 g/mol. The van der Waals surface area contributed by atoms with Crippen molar-refractivity contribution in [1.82, 2.24) is 25.8 Å². The van der Waals surface area contributed by atoms with Gasteiger partial charge in [-0.2, -0.15) is 0 Å². The van der Waals surface area contributed by atoms with Gasteiger partial charge in [-0.3, -0.25) is 15.2 Å². The molecule has 7 nitrogen and oxygen atoms in total. The molecule has 0 aliphatic heterocycles. The highest BCUT2D eigenvalue weighted by molar-refractivity contribution is 7.99. The van der Waals surface area contributed by atoms with E-state index in [0.717, 1.165) is 16.6 Å². The zero-order chi connectivity index (χ0) is 15.1. The summed E-state index contributed by atoms with van der Waals surface area (Å²) < 4.78 is 0. The minimum atomic E-state index is -0.547. The summed E-state index contributed by atoms with van der Waals surface area (Å²) in [4.78, 5) is 28.0. The lowest BCUT2D eigenvalue weighted by molar-refractivity contribution is -0.117. The summed E-state index contributed by atoms with van der Waals surface area (Å²) in [5.74, 6) is 0.309. The summed E-state index contributed by atoms with van der Waals surface area (Å²) in [5, 5.41) is 13.9. The fraction of sp³-hybridized carbons (Fsp3) is 0.167. The molecule has 21 heavy (non-hydrogen) atoms. The van der Waals surface area contributed by atoms with E-state index in [1.165, 1.54) is 6.08 Å². The molecule has 0 unspecified atom stereocenters. The quantitative estimate of drug-likeness (QED) is 0.554. The SMILES string of the molecule is C=CCNC(=O)NC(=O)CSc1n[nH]c(-c2cccs2)n1. The average molecular weight is 323 g/mol. The van der Waals surface area contributed by atoms with Gasteiger partial charge in [0.05, 0.1) is 10.6 Å². The molecule has 0 aliphatic carbocycles. The van der Waals surface area contributed by atoms with E-state index in [9.17, 15) is 9.59 Å². The number of aromatic amines is 1. The lowest BCUT2D eigenvalue weighted by atomic mass is 10.4. The number of amides is 3. The summed E-state index contributed by atoms with van der Waals surface area (Å²) >= 11 is 2.70. The Balaban J connectivity index is 1.79. The van der Waals surface area contributed by atoms with Crippen LogP contribution in [-0.4, -0.2) is 39.4 Å². The van der Waals surface area contributed by atoms with E-state index in [1.807, 2.05) is 17.5 Å². The zero-order valence-electron chi connectivity index (χ0n) is 11.0. The maximum Gasteiger partial charge on any atom is 0.321 e. The second-order valence-corrected chi connectivity index (χ2v) is 5.67. The highest BCUT2D eigenvalue weighted by atomic mass is 32.2. The third kappa shape index (κ3) is 4.72. The Hall–Kier alpha value is -2.13. The van der Waals surface area contributed by atoms with Gasteiger partial charge in [-0.05, 0) is 11.4 Å². The molecule has 0 aromatic carbocycles. The molecular formula is C12H13N5O2S2. The fourth-order valence-corrected chi connectivity index (χ4v) is 2.60. The van der Waals surface area contributed by atoms with Crippen molar-refractivity contribution in [1.29, 1.82) is 0 Å². The van der Waals surface area contributed by atoms with E-state index in [4.69, 9.17) is 0 Å². The van der Waals surface area contributed by atoms with E-state index >= 15 is 0 Å². The molecule has 0 radical (unpaired) electrons. The van der Waals surface area contributed by atoms with Gasteiger partial charge in [0.25, 0.3) is 0 Å². The second kappa shape index (κ2) is 7.60. The maximum atomic E-state index is 11.5. The van der Waals surface area contributed by atoms with Crippen LogP contribution in [0.15, 0.2) is 35.3 Å². The van der Waals surface area contributed by atoms with Crippen molar-refractivity contribution in [2.45, 2.75) is 5.16 Å². The molecule has 2 rings (SSSR count). The van der Waals surface area contributed by atoms with Crippen LogP contribution in [0.3, 0.4) is 0 Å². The van der Waals surface area contributed by atoms with Crippen molar-refractivity contribution in [3.63, 3.8) is 0 Å². The first-order chi connectivity index (χ1) is 10.2. The van der Waals surface area contributed by atoms with Gasteiger partial charge in [0.15, 0.2) is 5.82 Å². The molecule has 0 fully saturated rings. The molecule has 2 heterocycles. The molecule has 3 N–H and O–H groups in total. The summed E-state index contributed by atoms with van der Waals surface area (Å²) in [6.07, 6.45) is 1.53. The molecule has 0 saturated heterocycles. The molecule has 2 aromatic heterocycles. The van der Waals surface area contributed by atoms with E-state index in [2.05, 4.69) is 32.4 Å². The van der Waals surface area contributed by atoms with Crippen LogP contribution < -0.4 is 10.6 Å². The van der Waals surface area contributed by atoms with Gasteiger partial charge in [0.1, 0.15) is 0 Å². The van der Waals surface area contributed by atoms with E-state index in [1.54, 1.807) is 11.3 Å². The highest BCUT2D eigenvalue weighted by Gasteiger charge is 2.11. The maximum absolute atomic E-state index is 11.5. The van der Waals surface area contributed by atoms with Gasteiger partial charge in [-0.15, -0.1) is 23.0 Å². The largest absolute Gasteiger partial charge is 0.334 e. The van der Waals surface area contributed by atoms with Gasteiger partial charge in [-0.1, -0.05) is 23.9 Å². The molecule has 0 spiro atoms. The standard InChI is InChI=1S/C12H13N5O2S2/c1-2-5-13-11(19)14-9(18)7-21-12-15-10(16-17-12)8-4-3-6-20-8/h2-4,6H,1,5,7H2,(H,15,16,17)(H2,13,14,18,19). The van der Waals surface area contributed by atoms with Gasteiger partial charge in [0, 0.05) is 6.54 Å². The summed E-state index contributed by atoms with van der Waals surface area (Å²) in [6, 6.07) is 3.30. The Kier molecular flexibility index (Phi) is 5.52. The summed E-state index contributed by atoms with van der Waals surface area (Å²) in [6.45, 7) is 3.76. The first-order valence-corrected chi connectivity index (χ1v) is 7.83. The minimum absolute atomic E-state index is 0.0588. The Labute approximate surface area is 129 Å². The highest BCUT2D eigenvalue weighted by Crippen LogP contribution is 2.22. The van der Waals surface area contributed by atoms with Crippen LogP contribution in [0.4, 0.5) is 4.79 Å². The molecule has 9 heteroatoms. The lowest BCUT2D eigenvalue weighted by Crippen LogP contribution is -2.40. The number of imide groups is 1. The van der Waals surface area contributed by atoms with Crippen molar-refractivity contribution in [2.75, 3.05) is 12.3 Å². The Morgan fingerprint density at radius 3 is 3.10 bits per heavy atom. The van der Waals surface area contributed by atoms with Gasteiger partial charge in [0.2, 0.25) is 11.1 Å². The molecule has 110 valence electrons. The van der Waals surface area contributed by atoms with Gasteiger partial charge in [-0.25, -0.2) is 9.78 Å². The Morgan fingerprint density at radius 1 is 1.52 bits per heavy atom. The molecule has 0 saturated carbocycles. The Bertz CT molecular complexity index is 623. The number of nitrogens with zero attached hydrogens (tertiary/aromatic N) is 2. The predicted octanol–water partition coefficient (Wildman–Crippen LogP) is 1.64. The average Bonchev–Trinajstić information content (AvgIpc) is 3.13. The lowest BCUT2D eigenvalue weighted by Gasteiger charge is -2.03. The number of H-pyrrole nitrogens is 1. The van der Waals surface area contributed by atoms with Crippen molar-refractivity contribution in [2.24, 2.45) is 0 Å². The van der Waals surface area contributed by atoms with E-state index < -0.39 is 11.9 Å². The van der Waals surface area contributed by atoms with E-state index in [-0.39, 0.29) is 5.75 Å². The molecule has 2 aromatic rings. The first kappa shape index (κ1) is 15.3. The number of aromatic nitrogens is 3. The summed E-state index contributed by atoms with van der Waals surface area (Å²) in [7, 11) is 0. The smallest absolute Gasteiger partial charge is 0.321 e. The normalized spacial score (nSPS) is 10.1. The van der Waals surface area contributed by atoms with Gasteiger partial charge < -0.3 is 5.32 Å². The third-order valence-corrected chi connectivity index (χ3v) is 3.94. The van der Waals surface area contributed by atoms with Gasteiger partial charge >= 0.3 is 6.03 Å². The van der Waals surface area contributed by atoms with Crippen molar-refractivity contribution in [3.8, 4) is 10.7 Å². The van der Waals surface area contributed by atoms with E-state index in [0.29, 0.717) is 17.5 Å². The van der Waals surface area contributed by atoms with Crippen molar-refractivity contribution in [3.05, 3.63) is 30.2 Å². The number of urea groups is 1. The van der Waals surface area contributed by atoms with Crippen LogP contribution in [0.1, 0.15) is 0 Å². The second-order valence-electron chi connectivity index (χ2n) is 3.78. The molecule has 0 bridgehead atoms. The number of carbonyl (C=O) groups excluding carboxylic acids is 2. The van der Waals surface area contributed by atoms with Crippen LogP contribution >= 0.6 is 23.1 Å². The number of thioether (sulfide) groups is 1. The minimum Gasteiger partial charge on any atom is -0.334 e. The number of hydrogen-bond acceptors (Lipinski definition) is 6. The predicted molar refractivity (Wildman–Crippen MR) is 82.2 cm³/mol. The molecule has 0 aliphatic rings. The summed E-state index contributed by atoms with van der Waals surface area (Å²) in [5.41, 5.74) is 0. The molecule has 3 amide bonds. The van der Waals surface area contributed by atoms with Crippen LogP contribution in [0, 0.1) is 0 Å². The fourth-order valence-electron chi connectivity index (χ4n) is 1.34. The van der Waals surface area contributed by atoms with Crippen molar-refractivity contribution < 1.29 is 9.59 Å². The number of thiophene rings is 1. The number of rotatable bonds is 6. The van der Waals surface area contributed by atoms with Crippen molar-refractivity contribution >= 4 is 35.0 Å². The number of nitrogens with one attached hydrogen (secondary N) is 3. The first-order valence-electron chi connectivity index (χ1n) is 5.96. The topological polar surface area (TPSA) is 99.8 Å². The monoisotopic (exact) mass is 323 g/mol. The van der Waals surface area contributed by atoms with Crippen LogP contribution in [0.25, 0.3) is 10.7 Å². The zero-order valence-corrected chi connectivity index (χ0v) is 12.6. The third-order valence-electron chi connectivity index (χ3n) is 2.21. The Morgan fingerprint density at radius 2 is 2.38 bits per heavy atom. The van der Waals surface area contributed by atoms with Crippen LogP contribution in [0.2, 0.25) is 0 Å². The number of hydrogen-bond donors (Lipinski definition) is 3.